The molecule has 10 nitrogen and oxygen atoms in total. The average molecular weight is 338 g/mol. The van der Waals surface area contributed by atoms with Crippen molar-refractivity contribution in [3.05, 3.63) is 25.0 Å². The van der Waals surface area contributed by atoms with E-state index in [4.69, 9.17) is 14.5 Å². The Labute approximate surface area is 131 Å². The largest absolute Gasteiger partial charge is 0.367 e. The first kappa shape index (κ1) is 15.8. The molecule has 0 fully saturated rings. The van der Waals surface area contributed by atoms with Crippen molar-refractivity contribution < 1.29 is 19.1 Å². The lowest BCUT2D eigenvalue weighted by atomic mass is 10.3. The van der Waals surface area contributed by atoms with Crippen molar-refractivity contribution in [3.8, 4) is 11.5 Å². The van der Waals surface area contributed by atoms with Crippen LogP contribution < -0.4 is 0 Å². The van der Waals surface area contributed by atoms with Crippen LogP contribution in [0.1, 0.15) is 0 Å². The molecular weight excluding hydrogens is 323 g/mol. The number of hydrogen-bond acceptors (Lipinski definition) is 6. The number of rotatable bonds is 6. The number of imidazole rings is 2. The monoisotopic (exact) mass is 338 g/mol. The van der Waals surface area contributed by atoms with Crippen LogP contribution in [0.4, 0.5) is 0 Å². The smallest absolute Gasteiger partial charge is 0.350 e. The van der Waals surface area contributed by atoms with Gasteiger partial charge >= 0.3 is 7.60 Å². The van der Waals surface area contributed by atoms with E-state index in [9.17, 15) is 4.57 Å². The van der Waals surface area contributed by atoms with Crippen molar-refractivity contribution >= 4 is 18.8 Å². The summed E-state index contributed by atoms with van der Waals surface area (Å²) in [7, 11) is -2.29. The van der Waals surface area contributed by atoms with Gasteiger partial charge in [0.1, 0.15) is 23.9 Å². The van der Waals surface area contributed by atoms with E-state index in [-0.39, 0.29) is 6.61 Å². The predicted octanol–water partition coefficient (Wildman–Crippen LogP) is 0.379. The molecule has 0 aliphatic rings. The van der Waals surface area contributed by atoms with Crippen LogP contribution >= 0.6 is 7.60 Å². The summed E-state index contributed by atoms with van der Waals surface area (Å²) in [6.45, 7) is 0.506. The van der Waals surface area contributed by atoms with Gasteiger partial charge in [0, 0.05) is 26.0 Å². The van der Waals surface area contributed by atoms with E-state index < -0.39 is 13.9 Å². The van der Waals surface area contributed by atoms with Gasteiger partial charge in [0.25, 0.3) is 0 Å². The number of nitrogens with zero attached hydrogens (tertiary/aromatic N) is 6. The number of aryl methyl sites for hydroxylation is 1. The molecule has 0 spiro atoms. The van der Waals surface area contributed by atoms with Crippen LogP contribution in [0.2, 0.25) is 0 Å². The minimum absolute atomic E-state index is 0.137. The molecule has 0 aliphatic heterocycles. The maximum absolute atomic E-state index is 10.7. The van der Waals surface area contributed by atoms with E-state index in [1.54, 1.807) is 17.1 Å². The second kappa shape index (κ2) is 6.17. The highest BCUT2D eigenvalue weighted by Crippen LogP contribution is 2.33. The fraction of sp³-hybridized carbons (Fsp3) is 0.333. The molecule has 0 atom stereocenters. The maximum Gasteiger partial charge on any atom is 0.350 e. The Morgan fingerprint density at radius 2 is 2.09 bits per heavy atom. The van der Waals surface area contributed by atoms with Crippen molar-refractivity contribution in [1.29, 1.82) is 0 Å². The molecule has 3 aromatic rings. The first-order valence-electron chi connectivity index (χ1n) is 6.71. The molecule has 3 heterocycles. The summed E-state index contributed by atoms with van der Waals surface area (Å²) >= 11 is 0. The van der Waals surface area contributed by atoms with Crippen molar-refractivity contribution in [2.75, 3.05) is 13.0 Å². The van der Waals surface area contributed by atoms with Crippen molar-refractivity contribution in [2.24, 2.45) is 7.05 Å². The Hall–Kier alpha value is -2.13. The highest BCUT2D eigenvalue weighted by atomic mass is 31.2. The molecule has 3 rings (SSSR count). The van der Waals surface area contributed by atoms with Crippen molar-refractivity contribution in [3.63, 3.8) is 0 Å². The molecule has 3 aromatic heterocycles. The van der Waals surface area contributed by atoms with E-state index in [2.05, 4.69) is 19.9 Å². The minimum atomic E-state index is -4.15. The quantitative estimate of drug-likeness (QED) is 0.487. The number of fused-ring (bicyclic) bond motifs is 1. The molecule has 0 unspecified atom stereocenters. The Balaban J connectivity index is 1.82. The molecule has 0 saturated heterocycles. The van der Waals surface area contributed by atoms with Crippen molar-refractivity contribution in [2.45, 2.75) is 6.54 Å². The summed E-state index contributed by atoms with van der Waals surface area (Å²) < 4.78 is 19.3. The summed E-state index contributed by atoms with van der Waals surface area (Å²) in [5, 5.41) is 0. The fourth-order valence-electron chi connectivity index (χ4n) is 2.15. The van der Waals surface area contributed by atoms with Crippen LogP contribution in [0.15, 0.2) is 25.0 Å². The van der Waals surface area contributed by atoms with Gasteiger partial charge in [-0.1, -0.05) is 0 Å². The molecule has 0 radical (unpaired) electrons. The van der Waals surface area contributed by atoms with Crippen LogP contribution in [0, 0.1) is 0 Å². The van der Waals surface area contributed by atoms with E-state index in [1.807, 2.05) is 17.8 Å². The number of ether oxygens (including phenoxy) is 1. The number of aromatic nitrogens is 6. The van der Waals surface area contributed by atoms with Gasteiger partial charge in [0.2, 0.25) is 0 Å². The van der Waals surface area contributed by atoms with Gasteiger partial charge in [0.15, 0.2) is 11.5 Å². The second-order valence-corrected chi connectivity index (χ2v) is 6.48. The SMILES string of the molecule is Cn1ccnc1-c1ncnc2c1ncn2CCOCP(=O)(O)O. The van der Waals surface area contributed by atoms with Gasteiger partial charge in [-0.25, -0.2) is 19.9 Å². The van der Waals surface area contributed by atoms with Crippen LogP contribution in [-0.4, -0.2) is 51.8 Å². The normalized spacial score (nSPS) is 12.1. The lowest BCUT2D eigenvalue weighted by molar-refractivity contribution is 0.149. The summed E-state index contributed by atoms with van der Waals surface area (Å²) in [4.78, 5) is 34.5. The van der Waals surface area contributed by atoms with Crippen molar-refractivity contribution in [1.82, 2.24) is 29.1 Å². The zero-order valence-corrected chi connectivity index (χ0v) is 13.2. The zero-order chi connectivity index (χ0) is 16.4. The molecule has 0 amide bonds. The van der Waals surface area contributed by atoms with Gasteiger partial charge in [-0.05, 0) is 0 Å². The topological polar surface area (TPSA) is 128 Å². The molecule has 0 saturated carbocycles. The van der Waals surface area contributed by atoms with E-state index in [0.29, 0.717) is 29.2 Å². The molecule has 11 heteroatoms. The fourth-order valence-corrected chi connectivity index (χ4v) is 2.52. The Bertz CT molecular complexity index is 869. The summed E-state index contributed by atoms with van der Waals surface area (Å²) in [5.41, 5.74) is 1.84. The molecule has 122 valence electrons. The van der Waals surface area contributed by atoms with E-state index >= 15 is 0 Å². The average Bonchev–Trinajstić information content (AvgIpc) is 3.09. The van der Waals surface area contributed by atoms with E-state index in [1.165, 1.54) is 6.33 Å². The van der Waals surface area contributed by atoms with Gasteiger partial charge in [-0.15, -0.1) is 0 Å². The van der Waals surface area contributed by atoms with Crippen LogP contribution in [-0.2, 0) is 22.9 Å². The molecular formula is C12H15N6O4P. The summed E-state index contributed by atoms with van der Waals surface area (Å²) in [5.74, 6) is 0.681. The zero-order valence-electron chi connectivity index (χ0n) is 12.3. The summed E-state index contributed by atoms with van der Waals surface area (Å²) in [6, 6.07) is 0. The Morgan fingerprint density at radius 3 is 2.78 bits per heavy atom. The van der Waals surface area contributed by atoms with Gasteiger partial charge < -0.3 is 23.7 Å². The molecule has 0 aliphatic carbocycles. The lowest BCUT2D eigenvalue weighted by Gasteiger charge is -2.07. The second-order valence-electron chi connectivity index (χ2n) is 4.90. The highest BCUT2D eigenvalue weighted by molar-refractivity contribution is 7.51. The standard InChI is InChI=1S/C12H15N6O4P/c1-17-3-2-13-11(17)9-10-12(15-6-14-9)18(7-16-10)4-5-22-8-23(19,20)21/h2-3,6-7H,4-5,8H2,1H3,(H2,19,20,21). The molecule has 0 bridgehead atoms. The number of hydrogen-bond donors (Lipinski definition) is 2. The third-order valence-electron chi connectivity index (χ3n) is 3.17. The predicted molar refractivity (Wildman–Crippen MR) is 80.4 cm³/mol. The van der Waals surface area contributed by atoms with Gasteiger partial charge in [-0.3, -0.25) is 4.57 Å². The first-order chi connectivity index (χ1) is 11.0. The van der Waals surface area contributed by atoms with Crippen LogP contribution in [0.5, 0.6) is 0 Å². The van der Waals surface area contributed by atoms with Gasteiger partial charge in [0.05, 0.1) is 12.9 Å². The summed E-state index contributed by atoms with van der Waals surface area (Å²) in [6.07, 6.45) is 5.91. The van der Waals surface area contributed by atoms with E-state index in [0.717, 1.165) is 0 Å². The van der Waals surface area contributed by atoms with Crippen LogP contribution in [0.25, 0.3) is 22.7 Å². The molecule has 0 aromatic carbocycles. The lowest BCUT2D eigenvalue weighted by Crippen LogP contribution is -2.07. The third kappa shape index (κ3) is 3.45. The first-order valence-corrected chi connectivity index (χ1v) is 8.51. The third-order valence-corrected chi connectivity index (χ3v) is 3.69. The highest BCUT2D eigenvalue weighted by Gasteiger charge is 2.15. The van der Waals surface area contributed by atoms with Gasteiger partial charge in [-0.2, -0.15) is 0 Å². The minimum Gasteiger partial charge on any atom is -0.367 e. The Morgan fingerprint density at radius 1 is 1.26 bits per heavy atom. The molecule has 2 N–H and O–H groups in total. The van der Waals surface area contributed by atoms with Crippen LogP contribution in [0.3, 0.4) is 0 Å². The Kier molecular flexibility index (Phi) is 4.22. The molecule has 23 heavy (non-hydrogen) atoms. The maximum atomic E-state index is 10.7.